The molecule has 0 unspecified atom stereocenters. The van der Waals surface area contributed by atoms with Crippen LogP contribution < -0.4 is 5.73 Å². The van der Waals surface area contributed by atoms with Crippen molar-refractivity contribution in [2.75, 3.05) is 0 Å². The molecule has 0 radical (unpaired) electrons. The van der Waals surface area contributed by atoms with Crippen LogP contribution in [-0.4, -0.2) is 10.1 Å². The summed E-state index contributed by atoms with van der Waals surface area (Å²) in [5.74, 6) is 1.50. The lowest BCUT2D eigenvalue weighted by atomic mass is 10.0. The summed E-state index contributed by atoms with van der Waals surface area (Å²) in [6.45, 7) is 8.26. The highest BCUT2D eigenvalue weighted by Gasteiger charge is 2.18. The predicted octanol–water partition coefficient (Wildman–Crippen LogP) is 2.93. The van der Waals surface area contributed by atoms with Gasteiger partial charge in [-0.3, -0.25) is 0 Å². The normalized spacial score (nSPS) is 12.9. The Kier molecular flexibility index (Phi) is 4.00. The Morgan fingerprint density at radius 1 is 1.16 bits per heavy atom. The lowest BCUT2D eigenvalue weighted by molar-refractivity contribution is 0.322. The van der Waals surface area contributed by atoms with Gasteiger partial charge in [-0.05, 0) is 25.3 Å². The van der Waals surface area contributed by atoms with Gasteiger partial charge in [0.1, 0.15) is 0 Å². The molecule has 2 aromatic rings. The molecule has 0 saturated heterocycles. The molecule has 0 aliphatic rings. The van der Waals surface area contributed by atoms with Crippen LogP contribution in [0.5, 0.6) is 0 Å². The summed E-state index contributed by atoms with van der Waals surface area (Å²) >= 11 is 0. The second-order valence-corrected chi connectivity index (χ2v) is 5.49. The highest BCUT2D eigenvalue weighted by atomic mass is 16.5. The van der Waals surface area contributed by atoms with Crippen LogP contribution in [0.4, 0.5) is 0 Å². The lowest BCUT2D eigenvalue weighted by Crippen LogP contribution is -2.17. The largest absolute Gasteiger partial charge is 0.338 e. The molecule has 4 nitrogen and oxygen atoms in total. The van der Waals surface area contributed by atoms with E-state index in [-0.39, 0.29) is 12.0 Å². The second-order valence-electron chi connectivity index (χ2n) is 5.49. The van der Waals surface area contributed by atoms with Crippen molar-refractivity contribution in [3.05, 3.63) is 46.6 Å². The molecular formula is C15H21N3O. The first kappa shape index (κ1) is 13.7. The molecule has 19 heavy (non-hydrogen) atoms. The summed E-state index contributed by atoms with van der Waals surface area (Å²) < 4.78 is 5.23. The van der Waals surface area contributed by atoms with E-state index in [1.54, 1.807) is 0 Å². The molecule has 1 aromatic heterocycles. The van der Waals surface area contributed by atoms with Gasteiger partial charge in [-0.2, -0.15) is 4.98 Å². The third-order valence-corrected chi connectivity index (χ3v) is 3.13. The van der Waals surface area contributed by atoms with Gasteiger partial charge in [0.15, 0.2) is 5.82 Å². The lowest BCUT2D eigenvalue weighted by Gasteiger charge is -2.09. The molecule has 0 saturated carbocycles. The number of aryl methyl sites for hydroxylation is 2. The van der Waals surface area contributed by atoms with E-state index in [0.717, 1.165) is 0 Å². The monoisotopic (exact) mass is 259 g/mol. The van der Waals surface area contributed by atoms with Crippen molar-refractivity contribution in [3.63, 3.8) is 0 Å². The van der Waals surface area contributed by atoms with Crippen LogP contribution in [0.25, 0.3) is 0 Å². The average molecular weight is 259 g/mol. The first-order chi connectivity index (χ1) is 8.95. The highest BCUT2D eigenvalue weighted by molar-refractivity contribution is 5.30. The summed E-state index contributed by atoms with van der Waals surface area (Å²) in [5, 5.41) is 4.01. The van der Waals surface area contributed by atoms with E-state index >= 15 is 0 Å². The highest BCUT2D eigenvalue weighted by Crippen LogP contribution is 2.18. The van der Waals surface area contributed by atoms with Gasteiger partial charge in [0.05, 0.1) is 6.04 Å². The first-order valence-electron chi connectivity index (χ1n) is 6.61. The van der Waals surface area contributed by atoms with Crippen LogP contribution >= 0.6 is 0 Å². The number of hydrogen-bond acceptors (Lipinski definition) is 4. The van der Waals surface area contributed by atoms with Crippen molar-refractivity contribution in [3.8, 4) is 0 Å². The molecule has 2 N–H and O–H groups in total. The van der Waals surface area contributed by atoms with Gasteiger partial charge in [0, 0.05) is 6.42 Å². The van der Waals surface area contributed by atoms with E-state index in [2.05, 4.69) is 42.2 Å². The summed E-state index contributed by atoms with van der Waals surface area (Å²) in [7, 11) is 0. The van der Waals surface area contributed by atoms with Crippen molar-refractivity contribution >= 4 is 0 Å². The van der Waals surface area contributed by atoms with E-state index in [9.17, 15) is 0 Å². The Balaban J connectivity index is 2.15. The minimum absolute atomic E-state index is 0.194. The van der Waals surface area contributed by atoms with Gasteiger partial charge < -0.3 is 10.3 Å². The van der Waals surface area contributed by atoms with Crippen LogP contribution in [0.2, 0.25) is 0 Å². The maximum Gasteiger partial charge on any atom is 0.243 e. The Bertz CT molecular complexity index is 540. The fourth-order valence-electron chi connectivity index (χ4n) is 2.11. The second kappa shape index (κ2) is 5.53. The third kappa shape index (κ3) is 3.41. The van der Waals surface area contributed by atoms with E-state index in [1.165, 1.54) is 16.7 Å². The maximum atomic E-state index is 6.00. The molecular weight excluding hydrogens is 238 g/mol. The van der Waals surface area contributed by atoms with E-state index in [4.69, 9.17) is 10.3 Å². The number of hydrogen-bond donors (Lipinski definition) is 1. The quantitative estimate of drug-likeness (QED) is 0.916. The Hall–Kier alpha value is -1.68. The molecule has 1 heterocycles. The molecule has 4 heteroatoms. The maximum absolute atomic E-state index is 6.00. The molecule has 0 spiro atoms. The van der Waals surface area contributed by atoms with Gasteiger partial charge in [-0.1, -0.05) is 48.3 Å². The third-order valence-electron chi connectivity index (χ3n) is 3.13. The number of nitrogens with zero attached hydrogens (tertiary/aromatic N) is 2. The zero-order chi connectivity index (χ0) is 14.0. The first-order valence-corrected chi connectivity index (χ1v) is 6.61. The summed E-state index contributed by atoms with van der Waals surface area (Å²) in [4.78, 5) is 4.38. The molecule has 2 rings (SSSR count). The fourth-order valence-corrected chi connectivity index (χ4v) is 2.11. The number of aromatic nitrogens is 2. The average Bonchev–Trinajstić information content (AvgIpc) is 2.74. The van der Waals surface area contributed by atoms with E-state index in [0.29, 0.717) is 18.1 Å². The zero-order valence-electron chi connectivity index (χ0n) is 12.0. The summed E-state index contributed by atoms with van der Waals surface area (Å²) in [6, 6.07) is 6.25. The van der Waals surface area contributed by atoms with Gasteiger partial charge in [-0.15, -0.1) is 0 Å². The molecule has 102 valence electrons. The van der Waals surface area contributed by atoms with Gasteiger partial charge >= 0.3 is 0 Å². The minimum atomic E-state index is -0.194. The van der Waals surface area contributed by atoms with Crippen LogP contribution in [0.3, 0.4) is 0 Å². The zero-order valence-corrected chi connectivity index (χ0v) is 12.0. The van der Waals surface area contributed by atoms with Crippen LogP contribution in [0, 0.1) is 19.8 Å². The van der Waals surface area contributed by atoms with E-state index < -0.39 is 0 Å². The van der Waals surface area contributed by atoms with Crippen molar-refractivity contribution in [1.82, 2.24) is 10.1 Å². The van der Waals surface area contributed by atoms with Gasteiger partial charge in [-0.25, -0.2) is 0 Å². The Morgan fingerprint density at radius 2 is 1.79 bits per heavy atom. The number of benzene rings is 1. The molecule has 0 bridgehead atoms. The Morgan fingerprint density at radius 3 is 2.37 bits per heavy atom. The summed E-state index contributed by atoms with van der Waals surface area (Å²) in [6.07, 6.45) is 0.677. The van der Waals surface area contributed by atoms with Crippen molar-refractivity contribution < 1.29 is 4.52 Å². The topological polar surface area (TPSA) is 64.9 Å². The van der Waals surface area contributed by atoms with Gasteiger partial charge in [0.25, 0.3) is 0 Å². The van der Waals surface area contributed by atoms with Gasteiger partial charge in [0.2, 0.25) is 5.89 Å². The Labute approximate surface area is 114 Å². The number of nitrogens with two attached hydrogens (primary N) is 1. The predicted molar refractivity (Wildman–Crippen MR) is 74.8 cm³/mol. The van der Waals surface area contributed by atoms with Crippen molar-refractivity contribution in [2.24, 2.45) is 11.7 Å². The van der Waals surface area contributed by atoms with Crippen molar-refractivity contribution in [1.29, 1.82) is 0 Å². The number of rotatable bonds is 4. The fraction of sp³-hybridized carbons (Fsp3) is 0.467. The molecule has 0 amide bonds. The van der Waals surface area contributed by atoms with E-state index in [1.807, 2.05) is 13.8 Å². The molecule has 0 fully saturated rings. The van der Waals surface area contributed by atoms with Crippen LogP contribution in [-0.2, 0) is 6.42 Å². The summed E-state index contributed by atoms with van der Waals surface area (Å²) in [5.41, 5.74) is 9.69. The smallest absolute Gasteiger partial charge is 0.243 e. The standard InChI is InChI=1S/C15H21N3O/c1-9(2)14(16)15-17-13(18-19-15)8-12-6-10(3)5-11(4)7-12/h5-7,9,14H,8,16H2,1-4H3/t14-/m1/s1. The minimum Gasteiger partial charge on any atom is -0.338 e. The van der Waals surface area contributed by atoms with Crippen LogP contribution in [0.1, 0.15) is 48.3 Å². The SMILES string of the molecule is Cc1cc(C)cc(Cc2noc([C@H](N)C(C)C)n2)c1. The van der Waals surface area contributed by atoms with Crippen LogP contribution in [0.15, 0.2) is 22.7 Å². The molecule has 1 aromatic carbocycles. The molecule has 0 aliphatic carbocycles. The molecule has 0 aliphatic heterocycles. The molecule has 1 atom stereocenters. The van der Waals surface area contributed by atoms with Crippen molar-refractivity contribution in [2.45, 2.75) is 40.2 Å².